The highest BCUT2D eigenvalue weighted by molar-refractivity contribution is 5.81. The SMILES string of the molecule is CC(C)Oc1ccc(-c2ccc(-c3cc(-c4ccc5nccnc5c4)nn3CCCC(=O)O)cc2)cc1. The Kier molecular flexibility index (Phi) is 6.94. The number of rotatable bonds is 9. The summed E-state index contributed by atoms with van der Waals surface area (Å²) in [5.74, 6) is 0.0454. The first-order valence-corrected chi connectivity index (χ1v) is 12.3. The maximum atomic E-state index is 11.1. The molecule has 7 heteroatoms. The van der Waals surface area contributed by atoms with E-state index >= 15 is 0 Å². The van der Waals surface area contributed by atoms with Crippen molar-refractivity contribution < 1.29 is 14.6 Å². The molecule has 5 aromatic rings. The molecule has 5 rings (SSSR count). The van der Waals surface area contributed by atoms with Gasteiger partial charge in [-0.25, -0.2) is 0 Å². The number of aryl methyl sites for hydroxylation is 1. The van der Waals surface area contributed by atoms with Crippen molar-refractivity contribution in [3.05, 3.63) is 85.2 Å². The average molecular weight is 493 g/mol. The monoisotopic (exact) mass is 492 g/mol. The molecule has 37 heavy (non-hydrogen) atoms. The zero-order valence-corrected chi connectivity index (χ0v) is 20.8. The lowest BCUT2D eigenvalue weighted by Crippen LogP contribution is -2.05. The number of benzene rings is 3. The number of carboxylic acid groups (broad SMARTS) is 1. The van der Waals surface area contributed by atoms with E-state index in [0.29, 0.717) is 13.0 Å². The van der Waals surface area contributed by atoms with Crippen LogP contribution < -0.4 is 4.74 Å². The highest BCUT2D eigenvalue weighted by atomic mass is 16.5. The number of aromatic nitrogens is 4. The van der Waals surface area contributed by atoms with Crippen LogP contribution >= 0.6 is 0 Å². The standard InChI is InChI=1S/C30H28N4O3/c1-20(2)37-25-12-9-22(10-13-25)21-5-7-23(8-6-21)29-19-27(33-34(29)17-3-4-30(35)36)24-11-14-26-28(18-24)32-16-15-31-26/h5-16,18-20H,3-4,17H2,1-2H3,(H,35,36). The van der Waals surface area contributed by atoms with Crippen molar-refractivity contribution in [3.63, 3.8) is 0 Å². The molecule has 3 aromatic carbocycles. The summed E-state index contributed by atoms with van der Waals surface area (Å²) in [7, 11) is 0. The van der Waals surface area contributed by atoms with Gasteiger partial charge in [0, 0.05) is 30.9 Å². The average Bonchev–Trinajstić information content (AvgIpc) is 3.32. The molecule has 0 bridgehead atoms. The van der Waals surface area contributed by atoms with Crippen LogP contribution in [0.4, 0.5) is 0 Å². The molecule has 0 aliphatic heterocycles. The Morgan fingerprint density at radius 1 is 0.838 bits per heavy atom. The molecular formula is C30H28N4O3. The second-order valence-electron chi connectivity index (χ2n) is 9.16. The Balaban J connectivity index is 1.45. The van der Waals surface area contributed by atoms with Crippen molar-refractivity contribution in [2.24, 2.45) is 0 Å². The van der Waals surface area contributed by atoms with Crippen LogP contribution in [0.15, 0.2) is 85.2 Å². The smallest absolute Gasteiger partial charge is 0.303 e. The van der Waals surface area contributed by atoms with Gasteiger partial charge in [-0.05, 0) is 67.3 Å². The van der Waals surface area contributed by atoms with Gasteiger partial charge in [-0.2, -0.15) is 5.10 Å². The number of hydrogen-bond acceptors (Lipinski definition) is 5. The number of carboxylic acids is 1. The Bertz CT molecular complexity index is 1520. The summed E-state index contributed by atoms with van der Waals surface area (Å²) in [5, 5.41) is 13.9. The number of ether oxygens (including phenoxy) is 1. The zero-order chi connectivity index (χ0) is 25.8. The molecule has 0 amide bonds. The van der Waals surface area contributed by atoms with Crippen molar-refractivity contribution in [1.29, 1.82) is 0 Å². The topological polar surface area (TPSA) is 90.1 Å². The minimum atomic E-state index is -0.809. The number of aliphatic carboxylic acids is 1. The minimum absolute atomic E-state index is 0.0929. The lowest BCUT2D eigenvalue weighted by Gasteiger charge is -2.11. The van der Waals surface area contributed by atoms with E-state index in [2.05, 4.69) is 46.4 Å². The quantitative estimate of drug-likeness (QED) is 0.253. The fourth-order valence-electron chi connectivity index (χ4n) is 4.29. The van der Waals surface area contributed by atoms with Gasteiger partial charge in [0.05, 0.1) is 28.5 Å². The summed E-state index contributed by atoms with van der Waals surface area (Å²) in [5.41, 5.74) is 7.53. The second-order valence-corrected chi connectivity index (χ2v) is 9.16. The normalized spacial score (nSPS) is 11.2. The van der Waals surface area contributed by atoms with Crippen LogP contribution in [0.2, 0.25) is 0 Å². The molecule has 0 fully saturated rings. The summed E-state index contributed by atoms with van der Waals surface area (Å²) in [6, 6.07) is 24.4. The van der Waals surface area contributed by atoms with Gasteiger partial charge < -0.3 is 9.84 Å². The van der Waals surface area contributed by atoms with Gasteiger partial charge in [0.15, 0.2) is 0 Å². The third kappa shape index (κ3) is 5.67. The molecule has 0 radical (unpaired) electrons. The number of carbonyl (C=O) groups is 1. The van der Waals surface area contributed by atoms with Gasteiger partial charge >= 0.3 is 5.97 Å². The van der Waals surface area contributed by atoms with E-state index in [1.807, 2.05) is 54.9 Å². The molecular weight excluding hydrogens is 464 g/mol. The number of hydrogen-bond donors (Lipinski definition) is 1. The van der Waals surface area contributed by atoms with Gasteiger partial charge in [-0.15, -0.1) is 0 Å². The van der Waals surface area contributed by atoms with E-state index in [0.717, 1.165) is 50.4 Å². The minimum Gasteiger partial charge on any atom is -0.491 e. The van der Waals surface area contributed by atoms with Gasteiger partial charge in [-0.3, -0.25) is 19.4 Å². The molecule has 0 atom stereocenters. The third-order valence-electron chi connectivity index (χ3n) is 6.05. The van der Waals surface area contributed by atoms with E-state index in [4.69, 9.17) is 14.9 Å². The lowest BCUT2D eigenvalue weighted by molar-refractivity contribution is -0.137. The first kappa shape index (κ1) is 24.2. The molecule has 0 saturated carbocycles. The summed E-state index contributed by atoms with van der Waals surface area (Å²) in [6.45, 7) is 4.53. The highest BCUT2D eigenvalue weighted by Crippen LogP contribution is 2.30. The zero-order valence-electron chi connectivity index (χ0n) is 20.8. The van der Waals surface area contributed by atoms with Crippen molar-refractivity contribution >= 4 is 17.0 Å². The summed E-state index contributed by atoms with van der Waals surface area (Å²) < 4.78 is 7.65. The maximum absolute atomic E-state index is 11.1. The molecule has 0 spiro atoms. The molecule has 0 aliphatic carbocycles. The Labute approximate surface area is 215 Å². The molecule has 1 N–H and O–H groups in total. The summed E-state index contributed by atoms with van der Waals surface area (Å²) in [4.78, 5) is 19.8. The Hall–Kier alpha value is -4.52. The van der Waals surface area contributed by atoms with Crippen LogP contribution in [-0.2, 0) is 11.3 Å². The summed E-state index contributed by atoms with van der Waals surface area (Å²) in [6.07, 6.45) is 4.08. The summed E-state index contributed by atoms with van der Waals surface area (Å²) >= 11 is 0. The highest BCUT2D eigenvalue weighted by Gasteiger charge is 2.13. The Morgan fingerprint density at radius 3 is 2.14 bits per heavy atom. The van der Waals surface area contributed by atoms with E-state index < -0.39 is 5.97 Å². The third-order valence-corrected chi connectivity index (χ3v) is 6.05. The van der Waals surface area contributed by atoms with Gasteiger partial charge in [0.1, 0.15) is 5.75 Å². The predicted molar refractivity (Wildman–Crippen MR) is 144 cm³/mol. The van der Waals surface area contributed by atoms with E-state index in [1.54, 1.807) is 12.4 Å². The number of nitrogens with zero attached hydrogens (tertiary/aromatic N) is 4. The van der Waals surface area contributed by atoms with E-state index in [1.165, 1.54) is 0 Å². The second kappa shape index (κ2) is 10.6. The maximum Gasteiger partial charge on any atom is 0.303 e. The van der Waals surface area contributed by atoms with Crippen LogP contribution in [0.25, 0.3) is 44.7 Å². The van der Waals surface area contributed by atoms with Crippen LogP contribution in [0.1, 0.15) is 26.7 Å². The van der Waals surface area contributed by atoms with Crippen LogP contribution in [0.5, 0.6) is 5.75 Å². The molecule has 0 aliphatic rings. The van der Waals surface area contributed by atoms with Gasteiger partial charge in [0.2, 0.25) is 0 Å². The predicted octanol–water partition coefficient (Wildman–Crippen LogP) is 6.48. The van der Waals surface area contributed by atoms with E-state index in [9.17, 15) is 4.79 Å². The molecule has 186 valence electrons. The molecule has 0 unspecified atom stereocenters. The fraction of sp³-hybridized carbons (Fsp3) is 0.200. The van der Waals surface area contributed by atoms with E-state index in [-0.39, 0.29) is 12.5 Å². The first-order chi connectivity index (χ1) is 18.0. The van der Waals surface area contributed by atoms with Crippen molar-refractivity contribution in [1.82, 2.24) is 19.7 Å². The molecule has 0 saturated heterocycles. The van der Waals surface area contributed by atoms with Crippen LogP contribution in [0.3, 0.4) is 0 Å². The largest absolute Gasteiger partial charge is 0.491 e. The van der Waals surface area contributed by atoms with Crippen molar-refractivity contribution in [2.75, 3.05) is 0 Å². The van der Waals surface area contributed by atoms with Crippen LogP contribution in [0, 0.1) is 0 Å². The fourth-order valence-corrected chi connectivity index (χ4v) is 4.29. The van der Waals surface area contributed by atoms with Gasteiger partial charge in [-0.1, -0.05) is 42.5 Å². The van der Waals surface area contributed by atoms with Gasteiger partial charge in [0.25, 0.3) is 0 Å². The Morgan fingerprint density at radius 2 is 1.46 bits per heavy atom. The van der Waals surface area contributed by atoms with Crippen molar-refractivity contribution in [3.8, 4) is 39.4 Å². The molecule has 7 nitrogen and oxygen atoms in total. The first-order valence-electron chi connectivity index (χ1n) is 12.3. The lowest BCUT2D eigenvalue weighted by atomic mass is 10.0. The number of fused-ring (bicyclic) bond motifs is 1. The van der Waals surface area contributed by atoms with Crippen molar-refractivity contribution in [2.45, 2.75) is 39.3 Å². The molecule has 2 heterocycles. The van der Waals surface area contributed by atoms with Crippen LogP contribution in [-0.4, -0.2) is 36.9 Å². The molecule has 2 aromatic heterocycles.